The molecule has 2 N–H and O–H groups in total. The van der Waals surface area contributed by atoms with Crippen molar-refractivity contribution in [2.75, 3.05) is 17.3 Å². The summed E-state index contributed by atoms with van der Waals surface area (Å²) in [6.07, 6.45) is 3.84. The second-order valence-electron chi connectivity index (χ2n) is 7.53. The number of thioether (sulfide) groups is 1. The van der Waals surface area contributed by atoms with Gasteiger partial charge in [0.1, 0.15) is 23.1 Å². The molecule has 10 heteroatoms. The van der Waals surface area contributed by atoms with Crippen molar-refractivity contribution in [3.8, 4) is 5.69 Å². The smallest absolute Gasteiger partial charge is 0.244 e. The van der Waals surface area contributed by atoms with E-state index < -0.39 is 32.7 Å². The van der Waals surface area contributed by atoms with Crippen LogP contribution in [-0.2, 0) is 14.8 Å². The minimum absolute atomic E-state index is 0.250. The Bertz CT molecular complexity index is 1410. The number of hydrogen-bond acceptors (Lipinski definition) is 5. The highest BCUT2D eigenvalue weighted by molar-refractivity contribution is 7.98. The first kappa shape index (κ1) is 23.9. The van der Waals surface area contributed by atoms with Gasteiger partial charge >= 0.3 is 0 Å². The second kappa shape index (κ2) is 10.4. The van der Waals surface area contributed by atoms with Crippen molar-refractivity contribution in [3.05, 3.63) is 84.9 Å². The van der Waals surface area contributed by atoms with Crippen molar-refractivity contribution in [2.24, 2.45) is 0 Å². The number of fused-ring (bicyclic) bond motifs is 1. The standard InChI is InChI=1S/C24H23FN4O3S2/c1-33-15-14-21(28-34(31,32)23-9-5-2-6-19(23)25)24(30)27-17-10-12-18(13-11-17)29-16-26-20-7-3-4-8-22(20)29/h2-13,16,21,28H,14-15H2,1H3,(H,27,30)/t21-/m1/s1. The number of carbonyl (C=O) groups excluding carboxylic acids is 1. The summed E-state index contributed by atoms with van der Waals surface area (Å²) < 4.78 is 43.8. The number of nitrogens with one attached hydrogen (secondary N) is 2. The highest BCUT2D eigenvalue weighted by atomic mass is 32.2. The fraction of sp³-hybridized carbons (Fsp3) is 0.167. The van der Waals surface area contributed by atoms with E-state index in [1.165, 1.54) is 30.0 Å². The molecule has 1 heterocycles. The van der Waals surface area contributed by atoms with E-state index in [1.807, 2.05) is 47.2 Å². The Morgan fingerprint density at radius 2 is 1.76 bits per heavy atom. The molecular weight excluding hydrogens is 475 g/mol. The molecule has 3 aromatic carbocycles. The number of para-hydroxylation sites is 2. The number of halogens is 1. The Morgan fingerprint density at radius 1 is 1.06 bits per heavy atom. The van der Waals surface area contributed by atoms with E-state index in [9.17, 15) is 17.6 Å². The fourth-order valence-corrected chi connectivity index (χ4v) is 5.27. The van der Waals surface area contributed by atoms with Gasteiger partial charge < -0.3 is 5.32 Å². The maximum atomic E-state index is 14.1. The van der Waals surface area contributed by atoms with Gasteiger partial charge in [-0.2, -0.15) is 16.5 Å². The van der Waals surface area contributed by atoms with Crippen LogP contribution in [0.4, 0.5) is 10.1 Å². The number of aromatic nitrogens is 2. The molecule has 1 aromatic heterocycles. The summed E-state index contributed by atoms with van der Waals surface area (Å²) in [5.74, 6) is -0.846. The number of nitrogens with zero attached hydrogens (tertiary/aromatic N) is 2. The molecule has 1 amide bonds. The summed E-state index contributed by atoms with van der Waals surface area (Å²) in [6, 6.07) is 18.9. The lowest BCUT2D eigenvalue weighted by Crippen LogP contribution is -2.44. The first-order valence-electron chi connectivity index (χ1n) is 10.5. The molecule has 0 aliphatic carbocycles. The zero-order valence-corrected chi connectivity index (χ0v) is 19.9. The minimum Gasteiger partial charge on any atom is -0.325 e. The van der Waals surface area contributed by atoms with Crippen LogP contribution in [0.1, 0.15) is 6.42 Å². The first-order valence-corrected chi connectivity index (χ1v) is 13.4. The molecule has 0 unspecified atom stereocenters. The van der Waals surface area contributed by atoms with Crippen LogP contribution < -0.4 is 10.0 Å². The van der Waals surface area contributed by atoms with Gasteiger partial charge in [0.25, 0.3) is 0 Å². The van der Waals surface area contributed by atoms with Gasteiger partial charge in [-0.1, -0.05) is 24.3 Å². The molecule has 0 aliphatic rings. The molecule has 0 bridgehead atoms. The summed E-state index contributed by atoms with van der Waals surface area (Å²) in [6.45, 7) is 0. The van der Waals surface area contributed by atoms with E-state index in [1.54, 1.807) is 18.5 Å². The number of benzene rings is 3. The van der Waals surface area contributed by atoms with E-state index in [0.717, 1.165) is 22.8 Å². The van der Waals surface area contributed by atoms with Crippen molar-refractivity contribution in [1.29, 1.82) is 0 Å². The van der Waals surface area contributed by atoms with Gasteiger partial charge in [-0.15, -0.1) is 0 Å². The zero-order chi connectivity index (χ0) is 24.1. The maximum absolute atomic E-state index is 14.1. The lowest BCUT2D eigenvalue weighted by atomic mass is 10.2. The summed E-state index contributed by atoms with van der Waals surface area (Å²) in [7, 11) is -4.22. The van der Waals surface area contributed by atoms with Crippen LogP contribution >= 0.6 is 11.8 Å². The van der Waals surface area contributed by atoms with E-state index in [4.69, 9.17) is 0 Å². The summed E-state index contributed by atoms with van der Waals surface area (Å²) in [5.41, 5.74) is 3.21. The number of amides is 1. The molecule has 0 aliphatic heterocycles. The Labute approximate surface area is 201 Å². The van der Waals surface area contributed by atoms with Crippen LogP contribution in [0.15, 0.2) is 84.0 Å². The van der Waals surface area contributed by atoms with Crippen molar-refractivity contribution >= 4 is 44.4 Å². The molecule has 1 atom stereocenters. The third kappa shape index (κ3) is 5.30. The quantitative estimate of drug-likeness (QED) is 0.361. The number of sulfonamides is 1. The monoisotopic (exact) mass is 498 g/mol. The SMILES string of the molecule is CSCC[C@@H](NS(=O)(=O)c1ccccc1F)C(=O)Nc1ccc(-n2cnc3ccccc32)cc1. The van der Waals surface area contributed by atoms with E-state index in [2.05, 4.69) is 15.0 Å². The van der Waals surface area contributed by atoms with Crippen LogP contribution in [0, 0.1) is 5.82 Å². The van der Waals surface area contributed by atoms with E-state index in [-0.39, 0.29) is 6.42 Å². The average molecular weight is 499 g/mol. The number of rotatable bonds is 9. The Morgan fingerprint density at radius 3 is 2.50 bits per heavy atom. The first-order chi connectivity index (χ1) is 16.4. The molecule has 34 heavy (non-hydrogen) atoms. The van der Waals surface area contributed by atoms with Gasteiger partial charge in [0.15, 0.2) is 0 Å². The summed E-state index contributed by atoms with van der Waals surface area (Å²) in [4.78, 5) is 16.8. The van der Waals surface area contributed by atoms with E-state index in [0.29, 0.717) is 11.4 Å². The molecule has 4 rings (SSSR count). The lowest BCUT2D eigenvalue weighted by Gasteiger charge is -2.18. The number of anilines is 1. The number of imidazole rings is 1. The maximum Gasteiger partial charge on any atom is 0.244 e. The highest BCUT2D eigenvalue weighted by Gasteiger charge is 2.27. The van der Waals surface area contributed by atoms with Gasteiger partial charge in [-0.25, -0.2) is 17.8 Å². The molecule has 0 fully saturated rings. The van der Waals surface area contributed by atoms with Gasteiger partial charge in [-0.3, -0.25) is 9.36 Å². The average Bonchev–Trinajstić information content (AvgIpc) is 3.26. The van der Waals surface area contributed by atoms with Gasteiger partial charge in [-0.05, 0) is 67.0 Å². The van der Waals surface area contributed by atoms with Crippen LogP contribution in [0.3, 0.4) is 0 Å². The Kier molecular flexibility index (Phi) is 7.30. The van der Waals surface area contributed by atoms with Crippen molar-refractivity contribution < 1.29 is 17.6 Å². The second-order valence-corrected chi connectivity index (χ2v) is 10.2. The molecule has 7 nitrogen and oxygen atoms in total. The highest BCUT2D eigenvalue weighted by Crippen LogP contribution is 2.20. The summed E-state index contributed by atoms with van der Waals surface area (Å²) >= 11 is 1.48. The largest absolute Gasteiger partial charge is 0.325 e. The van der Waals surface area contributed by atoms with Crippen molar-refractivity contribution in [3.63, 3.8) is 0 Å². The van der Waals surface area contributed by atoms with Crippen LogP contribution in [0.2, 0.25) is 0 Å². The summed E-state index contributed by atoms with van der Waals surface area (Å²) in [5, 5.41) is 2.76. The molecular formula is C24H23FN4O3S2. The van der Waals surface area contributed by atoms with E-state index >= 15 is 0 Å². The lowest BCUT2D eigenvalue weighted by molar-refractivity contribution is -0.117. The van der Waals surface area contributed by atoms with Gasteiger partial charge in [0.05, 0.1) is 11.0 Å². The molecule has 176 valence electrons. The Balaban J connectivity index is 1.51. The third-order valence-electron chi connectivity index (χ3n) is 5.22. The fourth-order valence-electron chi connectivity index (χ4n) is 3.49. The molecule has 0 saturated carbocycles. The minimum atomic E-state index is -4.22. The third-order valence-corrected chi connectivity index (χ3v) is 7.37. The van der Waals surface area contributed by atoms with Crippen LogP contribution in [-0.4, -0.2) is 41.9 Å². The molecule has 0 spiro atoms. The molecule has 0 saturated heterocycles. The van der Waals surface area contributed by atoms with Crippen LogP contribution in [0.5, 0.6) is 0 Å². The Hall–Kier alpha value is -3.21. The topological polar surface area (TPSA) is 93.1 Å². The molecule has 4 aromatic rings. The van der Waals surface area contributed by atoms with Crippen molar-refractivity contribution in [1.82, 2.24) is 14.3 Å². The normalized spacial score (nSPS) is 12.5. The van der Waals surface area contributed by atoms with Gasteiger partial charge in [0.2, 0.25) is 15.9 Å². The predicted octanol–water partition coefficient (Wildman–Crippen LogP) is 4.20. The predicted molar refractivity (Wildman–Crippen MR) is 133 cm³/mol. The van der Waals surface area contributed by atoms with Gasteiger partial charge in [0, 0.05) is 11.4 Å². The zero-order valence-electron chi connectivity index (χ0n) is 18.3. The number of hydrogen-bond donors (Lipinski definition) is 2. The number of carbonyl (C=O) groups is 1. The van der Waals surface area contributed by atoms with Crippen molar-refractivity contribution in [2.45, 2.75) is 17.4 Å². The van der Waals surface area contributed by atoms with Crippen LogP contribution in [0.25, 0.3) is 16.7 Å². The molecule has 0 radical (unpaired) electrons.